The van der Waals surface area contributed by atoms with Crippen LogP contribution < -0.4 is 0 Å². The Morgan fingerprint density at radius 1 is 1.53 bits per heavy atom. The Morgan fingerprint density at radius 2 is 2.35 bits per heavy atom. The number of hydrogen-bond donors (Lipinski definition) is 0. The molecule has 0 aliphatic heterocycles. The molecule has 0 fully saturated rings. The van der Waals surface area contributed by atoms with Crippen LogP contribution in [0.25, 0.3) is 0 Å². The molecule has 92 valence electrons. The quantitative estimate of drug-likeness (QED) is 0.836. The van der Waals surface area contributed by atoms with Crippen molar-refractivity contribution in [2.24, 2.45) is 0 Å². The van der Waals surface area contributed by atoms with Gasteiger partial charge in [0, 0.05) is 5.38 Å². The predicted octanol–water partition coefficient (Wildman–Crippen LogP) is 3.30. The lowest BCUT2D eigenvalue weighted by Gasteiger charge is -1.97. The molecular weight excluding hydrogens is 254 g/mol. The number of thiazole rings is 1. The van der Waals surface area contributed by atoms with Crippen molar-refractivity contribution in [2.75, 3.05) is 0 Å². The summed E-state index contributed by atoms with van der Waals surface area (Å²) in [5.74, 6) is 1.20. The molecule has 0 spiro atoms. The van der Waals surface area contributed by atoms with E-state index >= 15 is 0 Å². The SMILES string of the molecule is CCCc1nc(C[S@](=O)c2ccoc2C)cs1. The maximum atomic E-state index is 12.1. The van der Waals surface area contributed by atoms with Gasteiger partial charge in [0.15, 0.2) is 0 Å². The summed E-state index contributed by atoms with van der Waals surface area (Å²) in [6.07, 6.45) is 3.67. The largest absolute Gasteiger partial charge is 0.468 e. The van der Waals surface area contributed by atoms with Crippen molar-refractivity contribution in [3.8, 4) is 0 Å². The van der Waals surface area contributed by atoms with E-state index in [2.05, 4.69) is 11.9 Å². The van der Waals surface area contributed by atoms with E-state index in [4.69, 9.17) is 4.42 Å². The molecule has 3 nitrogen and oxygen atoms in total. The summed E-state index contributed by atoms with van der Waals surface area (Å²) in [5, 5.41) is 3.13. The topological polar surface area (TPSA) is 43.1 Å². The maximum Gasteiger partial charge on any atom is 0.116 e. The minimum absolute atomic E-state index is 0.473. The molecule has 0 saturated carbocycles. The average Bonchev–Trinajstić information content (AvgIpc) is 2.88. The second-order valence-electron chi connectivity index (χ2n) is 3.81. The third-order valence-corrected chi connectivity index (χ3v) is 4.83. The van der Waals surface area contributed by atoms with Crippen molar-refractivity contribution in [3.63, 3.8) is 0 Å². The molecule has 2 rings (SSSR count). The van der Waals surface area contributed by atoms with Gasteiger partial charge in [-0.05, 0) is 25.8 Å². The number of aryl methyl sites for hydroxylation is 2. The van der Waals surface area contributed by atoms with Crippen LogP contribution in [0.2, 0.25) is 0 Å². The number of furan rings is 1. The zero-order valence-electron chi connectivity index (χ0n) is 9.93. The van der Waals surface area contributed by atoms with Crippen LogP contribution in [-0.4, -0.2) is 9.19 Å². The summed E-state index contributed by atoms with van der Waals surface area (Å²) in [6.45, 7) is 3.96. The summed E-state index contributed by atoms with van der Waals surface area (Å²) in [6, 6.07) is 1.77. The van der Waals surface area contributed by atoms with Gasteiger partial charge in [0.25, 0.3) is 0 Å². The second-order valence-corrected chi connectivity index (χ2v) is 6.18. The zero-order valence-corrected chi connectivity index (χ0v) is 11.6. The molecule has 2 aromatic heterocycles. The summed E-state index contributed by atoms with van der Waals surface area (Å²) in [5.41, 5.74) is 0.914. The van der Waals surface area contributed by atoms with Crippen molar-refractivity contribution in [2.45, 2.75) is 37.3 Å². The zero-order chi connectivity index (χ0) is 12.3. The lowest BCUT2D eigenvalue weighted by molar-refractivity contribution is 0.526. The molecule has 1 atom stereocenters. The summed E-state index contributed by atoms with van der Waals surface area (Å²) in [7, 11) is -1.06. The lowest BCUT2D eigenvalue weighted by atomic mass is 10.3. The first-order valence-electron chi connectivity index (χ1n) is 5.56. The highest BCUT2D eigenvalue weighted by atomic mass is 32.2. The predicted molar refractivity (Wildman–Crippen MR) is 69.7 cm³/mol. The number of aromatic nitrogens is 1. The summed E-state index contributed by atoms with van der Waals surface area (Å²) >= 11 is 1.65. The monoisotopic (exact) mass is 269 g/mol. The first-order valence-corrected chi connectivity index (χ1v) is 7.76. The van der Waals surface area contributed by atoms with Gasteiger partial charge in [-0.2, -0.15) is 0 Å². The van der Waals surface area contributed by atoms with Crippen LogP contribution in [0, 0.1) is 6.92 Å². The van der Waals surface area contributed by atoms with Crippen LogP contribution in [-0.2, 0) is 23.0 Å². The van der Waals surface area contributed by atoms with Gasteiger partial charge in [0.1, 0.15) is 5.76 Å². The van der Waals surface area contributed by atoms with Gasteiger partial charge in [-0.15, -0.1) is 11.3 Å². The van der Waals surface area contributed by atoms with E-state index in [0.717, 1.165) is 34.2 Å². The normalized spacial score (nSPS) is 12.8. The molecule has 0 aromatic carbocycles. The van der Waals surface area contributed by atoms with Gasteiger partial charge in [0.2, 0.25) is 0 Å². The lowest BCUT2D eigenvalue weighted by Crippen LogP contribution is -1.97. The molecule has 2 aromatic rings. The highest BCUT2D eigenvalue weighted by Crippen LogP contribution is 2.19. The van der Waals surface area contributed by atoms with Crippen molar-refractivity contribution in [1.29, 1.82) is 0 Å². The van der Waals surface area contributed by atoms with Crippen LogP contribution in [0.4, 0.5) is 0 Å². The summed E-state index contributed by atoms with van der Waals surface area (Å²) in [4.78, 5) is 5.25. The summed E-state index contributed by atoms with van der Waals surface area (Å²) < 4.78 is 17.2. The van der Waals surface area contributed by atoms with Crippen molar-refractivity contribution < 1.29 is 8.63 Å². The maximum absolute atomic E-state index is 12.1. The van der Waals surface area contributed by atoms with Crippen molar-refractivity contribution in [1.82, 2.24) is 4.98 Å². The van der Waals surface area contributed by atoms with E-state index in [1.807, 2.05) is 12.3 Å². The Kier molecular flexibility index (Phi) is 4.12. The van der Waals surface area contributed by atoms with E-state index in [0.29, 0.717) is 5.75 Å². The van der Waals surface area contributed by atoms with E-state index in [9.17, 15) is 4.21 Å². The van der Waals surface area contributed by atoms with E-state index in [1.54, 1.807) is 23.7 Å². The molecule has 5 heteroatoms. The highest BCUT2D eigenvalue weighted by molar-refractivity contribution is 7.84. The molecular formula is C12H15NO2S2. The molecule has 2 heterocycles. The Hall–Kier alpha value is -0.940. The Bertz CT molecular complexity index is 516. The van der Waals surface area contributed by atoms with Gasteiger partial charge in [-0.25, -0.2) is 4.98 Å². The number of hydrogen-bond acceptors (Lipinski definition) is 4. The number of nitrogens with zero attached hydrogens (tertiary/aromatic N) is 1. The van der Waals surface area contributed by atoms with Crippen LogP contribution in [0.3, 0.4) is 0 Å². The molecule has 0 bridgehead atoms. The third-order valence-electron chi connectivity index (χ3n) is 2.40. The van der Waals surface area contributed by atoms with Crippen molar-refractivity contribution >= 4 is 22.1 Å². The van der Waals surface area contributed by atoms with Gasteiger partial charge >= 0.3 is 0 Å². The third kappa shape index (κ3) is 3.04. The Labute approximate surface area is 107 Å². The van der Waals surface area contributed by atoms with Gasteiger partial charge in [-0.3, -0.25) is 4.21 Å². The first-order chi connectivity index (χ1) is 8.20. The van der Waals surface area contributed by atoms with Crippen LogP contribution >= 0.6 is 11.3 Å². The molecule has 17 heavy (non-hydrogen) atoms. The van der Waals surface area contributed by atoms with Gasteiger partial charge < -0.3 is 4.42 Å². The minimum Gasteiger partial charge on any atom is -0.468 e. The smallest absolute Gasteiger partial charge is 0.116 e. The van der Waals surface area contributed by atoms with Crippen LogP contribution in [0.15, 0.2) is 27.0 Å². The molecule has 0 aliphatic rings. The molecule has 0 amide bonds. The molecule has 0 unspecified atom stereocenters. The second kappa shape index (κ2) is 5.60. The standard InChI is InChI=1S/C12H15NO2S2/c1-3-4-12-13-10(7-16-12)8-17(14)11-5-6-15-9(11)2/h5-7H,3-4,8H2,1-2H3/t17-/m0/s1. The highest BCUT2D eigenvalue weighted by Gasteiger charge is 2.12. The fourth-order valence-corrected chi connectivity index (χ4v) is 3.72. The molecule has 0 saturated heterocycles. The van der Waals surface area contributed by atoms with E-state index in [1.165, 1.54) is 0 Å². The van der Waals surface area contributed by atoms with Crippen LogP contribution in [0.1, 0.15) is 29.8 Å². The minimum atomic E-state index is -1.06. The first kappa shape index (κ1) is 12.5. The van der Waals surface area contributed by atoms with Gasteiger partial charge in [-0.1, -0.05) is 6.92 Å². The average molecular weight is 269 g/mol. The Morgan fingerprint density at radius 3 is 3.00 bits per heavy atom. The van der Waals surface area contributed by atoms with Crippen molar-refractivity contribution in [3.05, 3.63) is 34.2 Å². The Balaban J connectivity index is 2.05. The van der Waals surface area contributed by atoms with Gasteiger partial charge in [0.05, 0.1) is 38.4 Å². The van der Waals surface area contributed by atoms with Crippen LogP contribution in [0.5, 0.6) is 0 Å². The molecule has 0 N–H and O–H groups in total. The molecule has 0 aliphatic carbocycles. The number of rotatable bonds is 5. The fourth-order valence-electron chi connectivity index (χ4n) is 1.57. The molecule has 0 radical (unpaired) electrons. The van der Waals surface area contributed by atoms with E-state index in [-0.39, 0.29) is 0 Å². The fraction of sp³-hybridized carbons (Fsp3) is 0.417. The van der Waals surface area contributed by atoms with E-state index < -0.39 is 10.8 Å².